The van der Waals surface area contributed by atoms with Gasteiger partial charge in [0.15, 0.2) is 18.2 Å². The number of hydrogen-bond acceptors (Lipinski definition) is 4. The number of amides is 1. The molecule has 1 atom stereocenters. The molecule has 1 aromatic heterocycles. The predicted octanol–water partition coefficient (Wildman–Crippen LogP) is 1.57. The summed E-state index contributed by atoms with van der Waals surface area (Å²) in [6, 6.07) is 3.68. The summed E-state index contributed by atoms with van der Waals surface area (Å²) in [6.45, 7) is 2.87. The Morgan fingerprint density at radius 3 is 3.21 bits per heavy atom. The van der Waals surface area contributed by atoms with Crippen LogP contribution in [0, 0.1) is 5.92 Å². The molecule has 1 amide bonds. The zero-order valence-corrected chi connectivity index (χ0v) is 12.1. The molecule has 0 aromatic carbocycles. The summed E-state index contributed by atoms with van der Waals surface area (Å²) >= 11 is 3.35. The number of nitrogens with zero attached hydrogens (tertiary/aromatic N) is 2. The molecule has 0 spiro atoms. The van der Waals surface area contributed by atoms with Crippen LogP contribution in [0.25, 0.3) is 0 Å². The van der Waals surface area contributed by atoms with Crippen LogP contribution in [0.15, 0.2) is 16.7 Å². The van der Waals surface area contributed by atoms with Crippen molar-refractivity contribution in [1.82, 2.24) is 10.3 Å². The Morgan fingerprint density at radius 2 is 2.42 bits per heavy atom. The predicted molar refractivity (Wildman–Crippen MR) is 75.4 cm³/mol. The molecule has 1 saturated heterocycles. The topological polar surface area (TPSA) is 54.5 Å². The first-order chi connectivity index (χ1) is 9.24. The normalized spacial score (nSPS) is 22.9. The standard InChI is InChI=1S/C13H16BrN3O2/c14-11-4-3-10-13(16-11)17(12(18)8-19-10)7-9-2-1-5-15-6-9/h3-4,9,15H,1-2,5-8H2. The fourth-order valence-corrected chi connectivity index (χ4v) is 2.88. The Morgan fingerprint density at radius 1 is 1.53 bits per heavy atom. The molecule has 3 rings (SSSR count). The number of carbonyl (C=O) groups excluding carboxylic acids is 1. The number of piperidine rings is 1. The van der Waals surface area contributed by atoms with Crippen LogP contribution in [0.1, 0.15) is 12.8 Å². The second-order valence-corrected chi connectivity index (χ2v) is 5.77. The van der Waals surface area contributed by atoms with Crippen molar-refractivity contribution >= 4 is 27.7 Å². The van der Waals surface area contributed by atoms with Crippen LogP contribution < -0.4 is 15.0 Å². The quantitative estimate of drug-likeness (QED) is 0.839. The summed E-state index contributed by atoms with van der Waals surface area (Å²) in [6.07, 6.45) is 2.32. The Hall–Kier alpha value is -1.14. The maximum absolute atomic E-state index is 12.1. The SMILES string of the molecule is O=C1COc2ccc(Br)nc2N1CC1CCCNC1. The van der Waals surface area contributed by atoms with Gasteiger partial charge in [-0.15, -0.1) is 0 Å². The molecule has 0 aliphatic carbocycles. The van der Waals surface area contributed by atoms with Gasteiger partial charge in [-0.25, -0.2) is 4.98 Å². The van der Waals surface area contributed by atoms with Gasteiger partial charge in [-0.1, -0.05) is 0 Å². The molecular weight excluding hydrogens is 310 g/mol. The highest BCUT2D eigenvalue weighted by atomic mass is 79.9. The Labute approximate surface area is 120 Å². The lowest BCUT2D eigenvalue weighted by molar-refractivity contribution is -0.121. The number of halogens is 1. The monoisotopic (exact) mass is 325 g/mol. The van der Waals surface area contributed by atoms with Gasteiger partial charge in [0, 0.05) is 6.54 Å². The third-order valence-corrected chi connectivity index (χ3v) is 3.99. The fourth-order valence-electron chi connectivity index (χ4n) is 2.58. The van der Waals surface area contributed by atoms with E-state index in [1.54, 1.807) is 4.90 Å². The molecule has 1 fully saturated rings. The molecule has 19 heavy (non-hydrogen) atoms. The molecule has 3 heterocycles. The fraction of sp³-hybridized carbons (Fsp3) is 0.538. The van der Waals surface area contributed by atoms with Gasteiger partial charge >= 0.3 is 0 Å². The van der Waals surface area contributed by atoms with Gasteiger partial charge in [0.1, 0.15) is 4.60 Å². The molecule has 1 N–H and O–H groups in total. The van der Waals surface area contributed by atoms with Crippen molar-refractivity contribution in [3.63, 3.8) is 0 Å². The summed E-state index contributed by atoms with van der Waals surface area (Å²) in [4.78, 5) is 18.2. The average Bonchev–Trinajstić information content (AvgIpc) is 2.43. The smallest absolute Gasteiger partial charge is 0.266 e. The molecular formula is C13H16BrN3O2. The van der Waals surface area contributed by atoms with Crippen molar-refractivity contribution in [2.45, 2.75) is 12.8 Å². The van der Waals surface area contributed by atoms with Crippen LogP contribution in [0.3, 0.4) is 0 Å². The van der Waals surface area contributed by atoms with Gasteiger partial charge in [0.05, 0.1) is 0 Å². The van der Waals surface area contributed by atoms with E-state index in [-0.39, 0.29) is 12.5 Å². The van der Waals surface area contributed by atoms with E-state index in [0.717, 1.165) is 24.1 Å². The number of pyridine rings is 1. The first-order valence-corrected chi connectivity index (χ1v) is 7.34. The summed E-state index contributed by atoms with van der Waals surface area (Å²) in [7, 11) is 0. The van der Waals surface area contributed by atoms with Crippen LogP contribution in [0.2, 0.25) is 0 Å². The lowest BCUT2D eigenvalue weighted by Crippen LogP contribution is -2.45. The molecule has 0 radical (unpaired) electrons. The summed E-state index contributed by atoms with van der Waals surface area (Å²) in [5, 5.41) is 3.38. The van der Waals surface area contributed by atoms with E-state index in [0.29, 0.717) is 24.0 Å². The van der Waals surface area contributed by atoms with Crippen LogP contribution in [-0.4, -0.2) is 37.1 Å². The summed E-state index contributed by atoms with van der Waals surface area (Å²) in [5.41, 5.74) is 0. The number of aromatic nitrogens is 1. The van der Waals surface area contributed by atoms with Crippen LogP contribution in [0.4, 0.5) is 5.82 Å². The molecule has 1 unspecified atom stereocenters. The van der Waals surface area contributed by atoms with E-state index < -0.39 is 0 Å². The number of nitrogens with one attached hydrogen (secondary N) is 1. The van der Waals surface area contributed by atoms with E-state index in [2.05, 4.69) is 26.2 Å². The third kappa shape index (κ3) is 2.74. The number of rotatable bonds is 2. The molecule has 0 saturated carbocycles. The van der Waals surface area contributed by atoms with Crippen molar-refractivity contribution in [1.29, 1.82) is 0 Å². The number of carbonyl (C=O) groups is 1. The maximum Gasteiger partial charge on any atom is 0.266 e. The second kappa shape index (κ2) is 5.46. The first-order valence-electron chi connectivity index (χ1n) is 6.54. The zero-order chi connectivity index (χ0) is 13.2. The van der Waals surface area contributed by atoms with Gasteiger partial charge in [-0.05, 0) is 59.9 Å². The lowest BCUT2D eigenvalue weighted by atomic mass is 9.99. The van der Waals surface area contributed by atoms with E-state index in [1.807, 2.05) is 12.1 Å². The Kier molecular flexibility index (Phi) is 3.70. The summed E-state index contributed by atoms with van der Waals surface area (Å²) < 4.78 is 6.14. The van der Waals surface area contributed by atoms with Gasteiger partial charge in [-0.3, -0.25) is 9.69 Å². The van der Waals surface area contributed by atoms with E-state index in [1.165, 1.54) is 6.42 Å². The molecule has 2 aliphatic rings. The van der Waals surface area contributed by atoms with Crippen molar-refractivity contribution in [3.05, 3.63) is 16.7 Å². The molecule has 1 aromatic rings. The molecule has 102 valence electrons. The van der Waals surface area contributed by atoms with Crippen LogP contribution >= 0.6 is 15.9 Å². The van der Waals surface area contributed by atoms with E-state index >= 15 is 0 Å². The van der Waals surface area contributed by atoms with Crippen molar-refractivity contribution in [2.24, 2.45) is 5.92 Å². The number of hydrogen-bond donors (Lipinski definition) is 1. The van der Waals surface area contributed by atoms with Gasteiger partial charge in [0.2, 0.25) is 0 Å². The van der Waals surface area contributed by atoms with Crippen molar-refractivity contribution in [2.75, 3.05) is 31.1 Å². The minimum Gasteiger partial charge on any atom is -0.480 e. The molecule has 0 bridgehead atoms. The maximum atomic E-state index is 12.1. The van der Waals surface area contributed by atoms with E-state index in [4.69, 9.17) is 4.74 Å². The second-order valence-electron chi connectivity index (χ2n) is 4.96. The summed E-state index contributed by atoms with van der Waals surface area (Å²) in [5.74, 6) is 1.80. The number of ether oxygens (including phenoxy) is 1. The van der Waals surface area contributed by atoms with Crippen LogP contribution in [-0.2, 0) is 4.79 Å². The van der Waals surface area contributed by atoms with Gasteiger partial charge in [0.25, 0.3) is 5.91 Å². The first kappa shape index (κ1) is 12.9. The third-order valence-electron chi connectivity index (χ3n) is 3.55. The largest absolute Gasteiger partial charge is 0.480 e. The van der Waals surface area contributed by atoms with Crippen molar-refractivity contribution in [3.8, 4) is 5.75 Å². The van der Waals surface area contributed by atoms with E-state index in [9.17, 15) is 4.79 Å². The van der Waals surface area contributed by atoms with Gasteiger partial charge < -0.3 is 10.1 Å². The Bertz CT molecular complexity index is 489. The minimum absolute atomic E-state index is 0.0105. The highest BCUT2D eigenvalue weighted by Crippen LogP contribution is 2.32. The highest BCUT2D eigenvalue weighted by Gasteiger charge is 2.29. The lowest BCUT2D eigenvalue weighted by Gasteiger charge is -2.32. The molecule has 2 aliphatic heterocycles. The Balaban J connectivity index is 1.83. The van der Waals surface area contributed by atoms with Crippen LogP contribution in [0.5, 0.6) is 5.75 Å². The highest BCUT2D eigenvalue weighted by molar-refractivity contribution is 9.10. The number of anilines is 1. The van der Waals surface area contributed by atoms with Crippen molar-refractivity contribution < 1.29 is 9.53 Å². The molecule has 5 nitrogen and oxygen atoms in total. The van der Waals surface area contributed by atoms with Gasteiger partial charge in [-0.2, -0.15) is 0 Å². The minimum atomic E-state index is -0.0105. The average molecular weight is 326 g/mol. The zero-order valence-electron chi connectivity index (χ0n) is 10.6. The molecule has 6 heteroatoms. The number of fused-ring (bicyclic) bond motifs is 1.